The van der Waals surface area contributed by atoms with Gasteiger partial charge in [-0.05, 0) is 67.3 Å². The van der Waals surface area contributed by atoms with E-state index in [-0.39, 0.29) is 23.5 Å². The summed E-state index contributed by atoms with van der Waals surface area (Å²) in [6.45, 7) is 10.1. The van der Waals surface area contributed by atoms with Crippen molar-refractivity contribution in [3.8, 4) is 0 Å². The molecular weight excluding hydrogens is 526 g/mol. The highest BCUT2D eigenvalue weighted by molar-refractivity contribution is 6.30. The molecule has 2 aliphatic rings. The number of hydrogen-bond donors (Lipinski definition) is 2. The van der Waals surface area contributed by atoms with Gasteiger partial charge in [0.05, 0.1) is 36.0 Å². The van der Waals surface area contributed by atoms with Crippen LogP contribution in [0, 0.1) is 0 Å². The van der Waals surface area contributed by atoms with Crippen molar-refractivity contribution in [2.24, 2.45) is 7.05 Å². The van der Waals surface area contributed by atoms with E-state index in [0.717, 1.165) is 33.7 Å². The Labute approximate surface area is 240 Å². The number of carbonyl (C=O) groups excluding carboxylic acids is 2. The van der Waals surface area contributed by atoms with Gasteiger partial charge in [0.2, 0.25) is 5.91 Å². The first kappa shape index (κ1) is 27.9. The summed E-state index contributed by atoms with van der Waals surface area (Å²) in [5, 5.41) is 6.83. The minimum absolute atomic E-state index is 0.0444. The van der Waals surface area contributed by atoms with Crippen LogP contribution in [0.1, 0.15) is 67.9 Å². The van der Waals surface area contributed by atoms with Crippen LogP contribution in [0.5, 0.6) is 0 Å². The standard InChI is InChI=1S/C30H36ClN7O2/c1-19(39)34-27(25-17-32-18-36(25)5)24-15-20-7-6-10-33-26(20)28(22-9-8-21(31)16-23(22)24)37-11-13-38(14-12-37)29(40)35-30(2,3)4/h6-10,15-18,27-28H,11-14H2,1-5H3,(H,34,39)(H,35,40). The van der Waals surface area contributed by atoms with Gasteiger partial charge in [0.1, 0.15) is 0 Å². The lowest BCUT2D eigenvalue weighted by molar-refractivity contribution is -0.119. The van der Waals surface area contributed by atoms with Crippen molar-refractivity contribution in [3.05, 3.63) is 82.2 Å². The molecule has 40 heavy (non-hydrogen) atoms. The molecule has 0 spiro atoms. The Morgan fingerprint density at radius 2 is 1.88 bits per heavy atom. The number of aryl methyl sites for hydroxylation is 1. The van der Waals surface area contributed by atoms with Crippen LogP contribution in [0.2, 0.25) is 5.02 Å². The molecule has 3 heterocycles. The molecule has 10 heteroatoms. The van der Waals surface area contributed by atoms with E-state index in [1.165, 1.54) is 6.92 Å². The zero-order chi connectivity index (χ0) is 28.6. The van der Waals surface area contributed by atoms with Gasteiger partial charge in [-0.15, -0.1) is 0 Å². The second kappa shape index (κ2) is 11.1. The lowest BCUT2D eigenvalue weighted by Gasteiger charge is -2.40. The van der Waals surface area contributed by atoms with Crippen molar-refractivity contribution < 1.29 is 9.59 Å². The second-order valence-corrected chi connectivity index (χ2v) is 11.9. The fourth-order valence-electron chi connectivity index (χ4n) is 5.54. The second-order valence-electron chi connectivity index (χ2n) is 11.5. The summed E-state index contributed by atoms with van der Waals surface area (Å²) in [7, 11) is 1.92. The van der Waals surface area contributed by atoms with E-state index < -0.39 is 6.04 Å². The van der Waals surface area contributed by atoms with Gasteiger partial charge >= 0.3 is 6.03 Å². The molecule has 2 unspecified atom stereocenters. The molecule has 210 valence electrons. The maximum Gasteiger partial charge on any atom is 0.317 e. The van der Waals surface area contributed by atoms with Gasteiger partial charge in [-0.3, -0.25) is 14.7 Å². The van der Waals surface area contributed by atoms with Gasteiger partial charge in [-0.2, -0.15) is 0 Å². The highest BCUT2D eigenvalue weighted by atomic mass is 35.5. The van der Waals surface area contributed by atoms with Crippen molar-refractivity contribution in [2.45, 2.75) is 45.3 Å². The zero-order valence-electron chi connectivity index (χ0n) is 23.6. The first-order valence-corrected chi connectivity index (χ1v) is 13.9. The number of fused-ring (bicyclic) bond motifs is 2. The average Bonchev–Trinajstić information content (AvgIpc) is 3.26. The third kappa shape index (κ3) is 5.76. The van der Waals surface area contributed by atoms with Crippen molar-refractivity contribution in [3.63, 3.8) is 0 Å². The first-order valence-electron chi connectivity index (χ1n) is 13.5. The SMILES string of the molecule is CC(=O)NC(C1=Cc2cccnc2C(N2CCN(C(=O)NC(C)(C)C)CC2)c2ccc(Cl)cc21)c1cncn1C. The normalized spacial score (nSPS) is 18.2. The van der Waals surface area contributed by atoms with Gasteiger partial charge in [-0.25, -0.2) is 9.78 Å². The smallest absolute Gasteiger partial charge is 0.317 e. The fourth-order valence-corrected chi connectivity index (χ4v) is 5.71. The summed E-state index contributed by atoms with van der Waals surface area (Å²) in [4.78, 5) is 38.8. The maximum atomic E-state index is 12.9. The summed E-state index contributed by atoms with van der Waals surface area (Å²) in [6, 6.07) is 9.28. The highest BCUT2D eigenvalue weighted by Crippen LogP contribution is 2.44. The molecule has 1 aliphatic heterocycles. The summed E-state index contributed by atoms with van der Waals surface area (Å²) in [5.74, 6) is -0.146. The van der Waals surface area contributed by atoms with Crippen LogP contribution in [-0.2, 0) is 11.8 Å². The van der Waals surface area contributed by atoms with Gasteiger partial charge < -0.3 is 20.1 Å². The summed E-state index contributed by atoms with van der Waals surface area (Å²) >= 11 is 6.60. The van der Waals surface area contributed by atoms with E-state index >= 15 is 0 Å². The van der Waals surface area contributed by atoms with Gasteiger partial charge in [-0.1, -0.05) is 23.7 Å². The molecule has 2 N–H and O–H groups in total. The number of rotatable bonds is 4. The summed E-state index contributed by atoms with van der Waals surface area (Å²) in [6.07, 6.45) is 7.44. The topological polar surface area (TPSA) is 95.4 Å². The van der Waals surface area contributed by atoms with E-state index in [9.17, 15) is 9.59 Å². The number of aromatic nitrogens is 3. The minimum Gasteiger partial charge on any atom is -0.344 e. The van der Waals surface area contributed by atoms with Crippen molar-refractivity contribution in [1.29, 1.82) is 0 Å². The Hall–Kier alpha value is -3.69. The number of benzene rings is 1. The molecule has 3 amide bonds. The summed E-state index contributed by atoms with van der Waals surface area (Å²) < 4.78 is 1.92. The molecule has 3 aromatic rings. The number of nitrogens with zero attached hydrogens (tertiary/aromatic N) is 5. The number of piperazine rings is 1. The Balaban J connectivity index is 1.58. The fraction of sp³-hybridized carbons (Fsp3) is 0.400. The Bertz CT molecular complexity index is 1450. The number of hydrogen-bond acceptors (Lipinski definition) is 5. The third-order valence-electron chi connectivity index (χ3n) is 7.32. The Morgan fingerprint density at radius 3 is 2.52 bits per heavy atom. The molecule has 0 radical (unpaired) electrons. The molecule has 1 fully saturated rings. The number of pyridine rings is 1. The molecule has 5 rings (SSSR count). The largest absolute Gasteiger partial charge is 0.344 e. The number of urea groups is 1. The van der Waals surface area contributed by atoms with Crippen molar-refractivity contribution in [1.82, 2.24) is 35.0 Å². The molecule has 1 aliphatic carbocycles. The summed E-state index contributed by atoms with van der Waals surface area (Å²) in [5.41, 5.74) is 5.38. The molecule has 9 nitrogen and oxygen atoms in total. The molecule has 0 saturated carbocycles. The Morgan fingerprint density at radius 1 is 1.12 bits per heavy atom. The van der Waals surface area contributed by atoms with Crippen LogP contribution >= 0.6 is 11.6 Å². The van der Waals surface area contributed by atoms with Crippen LogP contribution in [0.15, 0.2) is 49.1 Å². The lowest BCUT2D eigenvalue weighted by atomic mass is 9.89. The van der Waals surface area contributed by atoms with Crippen LogP contribution < -0.4 is 10.6 Å². The monoisotopic (exact) mass is 561 g/mol. The first-order chi connectivity index (χ1) is 19.0. The van der Waals surface area contributed by atoms with Crippen LogP contribution in [0.25, 0.3) is 11.6 Å². The number of amides is 3. The molecule has 1 aromatic carbocycles. The van der Waals surface area contributed by atoms with Crippen LogP contribution in [-0.4, -0.2) is 68.0 Å². The minimum atomic E-state index is -0.452. The Kier molecular flexibility index (Phi) is 7.70. The molecule has 0 bridgehead atoms. The predicted molar refractivity (Wildman–Crippen MR) is 157 cm³/mol. The quantitative estimate of drug-likeness (QED) is 0.492. The maximum absolute atomic E-state index is 12.9. The van der Waals surface area contributed by atoms with E-state index in [0.29, 0.717) is 31.2 Å². The van der Waals surface area contributed by atoms with Gasteiger partial charge in [0.25, 0.3) is 0 Å². The predicted octanol–water partition coefficient (Wildman–Crippen LogP) is 4.42. The van der Waals surface area contributed by atoms with E-state index in [1.54, 1.807) is 12.5 Å². The van der Waals surface area contributed by atoms with Crippen LogP contribution in [0.3, 0.4) is 0 Å². The molecule has 2 aromatic heterocycles. The van der Waals surface area contributed by atoms with E-state index in [1.807, 2.05) is 61.7 Å². The average molecular weight is 562 g/mol. The molecule has 1 saturated heterocycles. The van der Waals surface area contributed by atoms with Crippen molar-refractivity contribution in [2.75, 3.05) is 26.2 Å². The highest BCUT2D eigenvalue weighted by Gasteiger charge is 2.36. The van der Waals surface area contributed by atoms with Crippen LogP contribution in [0.4, 0.5) is 4.79 Å². The number of carbonyl (C=O) groups is 2. The number of imidazole rings is 1. The zero-order valence-corrected chi connectivity index (χ0v) is 24.4. The van der Waals surface area contributed by atoms with E-state index in [2.05, 4.69) is 38.7 Å². The van der Waals surface area contributed by atoms with Gasteiger partial charge in [0, 0.05) is 56.9 Å². The van der Waals surface area contributed by atoms with Gasteiger partial charge in [0.15, 0.2) is 0 Å². The van der Waals surface area contributed by atoms with E-state index in [4.69, 9.17) is 16.6 Å². The third-order valence-corrected chi connectivity index (χ3v) is 7.55. The lowest BCUT2D eigenvalue weighted by Crippen LogP contribution is -2.55. The van der Waals surface area contributed by atoms with Crippen molar-refractivity contribution >= 4 is 35.2 Å². The molecular formula is C30H36ClN7O2. The number of halogens is 1. The molecule has 2 atom stereocenters. The number of nitrogens with one attached hydrogen (secondary N) is 2.